The van der Waals surface area contributed by atoms with Gasteiger partial charge in [0, 0.05) is 18.9 Å². The molecule has 0 spiro atoms. The fraction of sp³-hybridized carbons (Fsp3) is 0.800. The van der Waals surface area contributed by atoms with Crippen LogP contribution in [0.5, 0.6) is 0 Å². The first kappa shape index (κ1) is 17.5. The highest BCUT2D eigenvalue weighted by Crippen LogP contribution is 2.24. The summed E-state index contributed by atoms with van der Waals surface area (Å²) in [5, 5.41) is 14.4. The second kappa shape index (κ2) is 7.43. The van der Waals surface area contributed by atoms with E-state index in [1.165, 1.54) is 0 Å². The van der Waals surface area contributed by atoms with Gasteiger partial charge in [-0.05, 0) is 18.3 Å². The van der Waals surface area contributed by atoms with E-state index in [1.807, 2.05) is 0 Å². The number of hydrogen-bond donors (Lipinski definition) is 3. The van der Waals surface area contributed by atoms with Crippen molar-refractivity contribution in [3.63, 3.8) is 0 Å². The van der Waals surface area contributed by atoms with Crippen LogP contribution in [0.2, 0.25) is 0 Å². The van der Waals surface area contributed by atoms with Crippen molar-refractivity contribution in [3.8, 4) is 0 Å². The molecule has 0 radical (unpaired) electrons. The molecule has 0 saturated heterocycles. The van der Waals surface area contributed by atoms with Gasteiger partial charge in [0.2, 0.25) is 11.8 Å². The van der Waals surface area contributed by atoms with Crippen LogP contribution in [0.15, 0.2) is 0 Å². The number of amides is 2. The first-order chi connectivity index (χ1) is 9.71. The van der Waals surface area contributed by atoms with E-state index >= 15 is 0 Å². The summed E-state index contributed by atoms with van der Waals surface area (Å²) in [6.45, 7) is 5.52. The third kappa shape index (κ3) is 5.73. The molecule has 120 valence electrons. The molecule has 0 aromatic rings. The molecule has 1 saturated carbocycles. The molecule has 0 unspecified atom stereocenters. The van der Waals surface area contributed by atoms with Gasteiger partial charge in [0.1, 0.15) is 6.04 Å². The summed E-state index contributed by atoms with van der Waals surface area (Å²) in [5.74, 6) is -1.32. The molecule has 3 N–H and O–H groups in total. The molecule has 0 aromatic carbocycles. The van der Waals surface area contributed by atoms with Crippen LogP contribution in [0.25, 0.3) is 0 Å². The minimum Gasteiger partial charge on any atom is -0.480 e. The average molecular weight is 298 g/mol. The van der Waals surface area contributed by atoms with Gasteiger partial charge in [-0.3, -0.25) is 9.59 Å². The smallest absolute Gasteiger partial charge is 0.326 e. The van der Waals surface area contributed by atoms with E-state index < -0.39 is 17.4 Å². The number of carboxylic acid groups (broad SMARTS) is 1. The summed E-state index contributed by atoms with van der Waals surface area (Å²) in [7, 11) is 0. The van der Waals surface area contributed by atoms with Gasteiger partial charge in [0.15, 0.2) is 0 Å². The van der Waals surface area contributed by atoms with Gasteiger partial charge in [0.05, 0.1) is 0 Å². The summed E-state index contributed by atoms with van der Waals surface area (Å²) in [6.07, 6.45) is 4.11. The Morgan fingerprint density at radius 2 is 1.76 bits per heavy atom. The van der Waals surface area contributed by atoms with Crippen LogP contribution in [-0.4, -0.2) is 35.5 Å². The van der Waals surface area contributed by atoms with E-state index in [1.54, 1.807) is 20.8 Å². The Labute approximate surface area is 125 Å². The molecule has 0 aliphatic heterocycles. The van der Waals surface area contributed by atoms with Gasteiger partial charge in [-0.25, -0.2) is 4.79 Å². The van der Waals surface area contributed by atoms with Gasteiger partial charge in [-0.15, -0.1) is 0 Å². The zero-order valence-electron chi connectivity index (χ0n) is 13.1. The summed E-state index contributed by atoms with van der Waals surface area (Å²) in [6, 6.07) is -0.935. The Balaban J connectivity index is 2.33. The highest BCUT2D eigenvalue weighted by atomic mass is 16.4. The van der Waals surface area contributed by atoms with Crippen LogP contribution < -0.4 is 10.6 Å². The van der Waals surface area contributed by atoms with E-state index in [0.717, 1.165) is 25.7 Å². The Morgan fingerprint density at radius 3 is 2.24 bits per heavy atom. The molecule has 1 atom stereocenters. The largest absolute Gasteiger partial charge is 0.480 e. The van der Waals surface area contributed by atoms with E-state index in [4.69, 9.17) is 5.11 Å². The highest BCUT2D eigenvalue weighted by Gasteiger charge is 2.32. The number of carboxylic acids is 1. The van der Waals surface area contributed by atoms with Crippen molar-refractivity contribution in [2.24, 2.45) is 11.3 Å². The third-order valence-corrected chi connectivity index (χ3v) is 3.80. The van der Waals surface area contributed by atoms with Crippen LogP contribution in [0.3, 0.4) is 0 Å². The molecule has 2 amide bonds. The van der Waals surface area contributed by atoms with Crippen molar-refractivity contribution in [1.29, 1.82) is 0 Å². The van der Waals surface area contributed by atoms with Gasteiger partial charge in [0.25, 0.3) is 0 Å². The fourth-order valence-electron chi connectivity index (χ4n) is 2.51. The lowest BCUT2D eigenvalue weighted by atomic mass is 9.86. The second-order valence-electron chi connectivity index (χ2n) is 6.73. The molecule has 21 heavy (non-hydrogen) atoms. The lowest BCUT2D eigenvalue weighted by Crippen LogP contribution is -2.49. The summed E-state index contributed by atoms with van der Waals surface area (Å²) < 4.78 is 0. The molecule has 1 rings (SSSR count). The van der Waals surface area contributed by atoms with E-state index in [0.29, 0.717) is 0 Å². The molecule has 1 fully saturated rings. The standard InChI is InChI=1S/C15H26N2O4/c1-15(2,3)12(14(20)21)17-11(18)8-9-16-13(19)10-6-4-5-7-10/h10,12H,4-9H2,1-3H3,(H,16,19)(H,17,18)(H,20,21)/t12-/m0/s1. The van der Waals surface area contributed by atoms with Crippen molar-refractivity contribution in [2.45, 2.75) is 58.9 Å². The van der Waals surface area contributed by atoms with E-state index in [-0.39, 0.29) is 30.7 Å². The van der Waals surface area contributed by atoms with Crippen LogP contribution in [0, 0.1) is 11.3 Å². The lowest BCUT2D eigenvalue weighted by molar-refractivity contribution is -0.145. The number of nitrogens with one attached hydrogen (secondary N) is 2. The first-order valence-corrected chi connectivity index (χ1v) is 7.51. The number of carbonyl (C=O) groups is 3. The number of hydrogen-bond acceptors (Lipinski definition) is 3. The normalized spacial score (nSPS) is 17.3. The van der Waals surface area contributed by atoms with Crippen molar-refractivity contribution in [2.75, 3.05) is 6.54 Å². The third-order valence-electron chi connectivity index (χ3n) is 3.80. The molecule has 1 aliphatic carbocycles. The lowest BCUT2D eigenvalue weighted by Gasteiger charge is -2.27. The fourth-order valence-corrected chi connectivity index (χ4v) is 2.51. The molecule has 0 heterocycles. The number of carbonyl (C=O) groups excluding carboxylic acids is 2. The molecule has 6 nitrogen and oxygen atoms in total. The Kier molecular flexibility index (Phi) is 6.18. The molecular weight excluding hydrogens is 272 g/mol. The maximum absolute atomic E-state index is 11.8. The minimum absolute atomic E-state index is 0.00547. The molecule has 0 aromatic heterocycles. The van der Waals surface area contributed by atoms with Gasteiger partial charge in [-0.2, -0.15) is 0 Å². The first-order valence-electron chi connectivity index (χ1n) is 7.51. The SMILES string of the molecule is CC(C)(C)[C@@H](NC(=O)CCNC(=O)C1CCCC1)C(=O)O. The Bertz CT molecular complexity index is 395. The van der Waals surface area contributed by atoms with Crippen molar-refractivity contribution < 1.29 is 19.5 Å². The summed E-state index contributed by atoms with van der Waals surface area (Å²) >= 11 is 0. The van der Waals surface area contributed by atoms with E-state index in [9.17, 15) is 14.4 Å². The topological polar surface area (TPSA) is 95.5 Å². The maximum Gasteiger partial charge on any atom is 0.326 e. The Morgan fingerprint density at radius 1 is 1.19 bits per heavy atom. The molecule has 1 aliphatic rings. The predicted molar refractivity (Wildman–Crippen MR) is 78.6 cm³/mol. The molecular formula is C15H26N2O4. The molecule has 6 heteroatoms. The summed E-state index contributed by atoms with van der Waals surface area (Å²) in [4.78, 5) is 34.7. The zero-order valence-corrected chi connectivity index (χ0v) is 13.1. The van der Waals surface area contributed by atoms with E-state index in [2.05, 4.69) is 10.6 Å². The van der Waals surface area contributed by atoms with Crippen molar-refractivity contribution in [3.05, 3.63) is 0 Å². The quantitative estimate of drug-likeness (QED) is 0.688. The zero-order chi connectivity index (χ0) is 16.0. The van der Waals surface area contributed by atoms with Crippen molar-refractivity contribution in [1.82, 2.24) is 10.6 Å². The van der Waals surface area contributed by atoms with Gasteiger partial charge in [-0.1, -0.05) is 33.6 Å². The number of rotatable bonds is 6. The molecule has 0 bridgehead atoms. The average Bonchev–Trinajstić information content (AvgIpc) is 2.87. The van der Waals surface area contributed by atoms with Crippen LogP contribution in [0.4, 0.5) is 0 Å². The maximum atomic E-state index is 11.8. The Hall–Kier alpha value is -1.59. The van der Waals surface area contributed by atoms with Crippen LogP contribution in [0.1, 0.15) is 52.9 Å². The highest BCUT2D eigenvalue weighted by molar-refractivity contribution is 5.85. The van der Waals surface area contributed by atoms with Crippen LogP contribution >= 0.6 is 0 Å². The predicted octanol–water partition coefficient (Wildman–Crippen LogP) is 1.30. The van der Waals surface area contributed by atoms with Gasteiger partial charge < -0.3 is 15.7 Å². The van der Waals surface area contributed by atoms with Gasteiger partial charge >= 0.3 is 5.97 Å². The number of aliphatic carboxylic acids is 1. The minimum atomic E-state index is -1.05. The summed E-state index contributed by atoms with van der Waals surface area (Å²) in [5.41, 5.74) is -0.561. The van der Waals surface area contributed by atoms with Crippen LogP contribution in [-0.2, 0) is 14.4 Å². The van der Waals surface area contributed by atoms with Crippen molar-refractivity contribution >= 4 is 17.8 Å². The second-order valence-corrected chi connectivity index (χ2v) is 6.73. The monoisotopic (exact) mass is 298 g/mol.